The molecular formula is C28H31N5O2. The third-order valence-electron chi connectivity index (χ3n) is 6.39. The number of rotatable bonds is 8. The largest absolute Gasteiger partial charge is 0.353 e. The van der Waals surface area contributed by atoms with Crippen molar-refractivity contribution < 1.29 is 9.59 Å². The maximum atomic E-state index is 13.5. The topological polar surface area (TPSA) is 91.0 Å². The van der Waals surface area contributed by atoms with E-state index in [1.54, 1.807) is 24.4 Å². The minimum Gasteiger partial charge on any atom is -0.353 e. The molecule has 0 atom stereocenters. The lowest BCUT2D eigenvalue weighted by molar-refractivity contribution is -0.116. The summed E-state index contributed by atoms with van der Waals surface area (Å²) in [6, 6.07) is 11.4. The Morgan fingerprint density at radius 2 is 1.91 bits per heavy atom. The minimum absolute atomic E-state index is 0.0662. The molecule has 0 bridgehead atoms. The van der Waals surface area contributed by atoms with Gasteiger partial charge in [0.15, 0.2) is 5.78 Å². The number of Topliss-reactive ketones (excluding diaryl/α,β-unsaturated/α-hetero) is 1. The molecule has 180 valence electrons. The van der Waals surface area contributed by atoms with Crippen LogP contribution in [0.2, 0.25) is 0 Å². The third-order valence-corrected chi connectivity index (χ3v) is 6.39. The van der Waals surface area contributed by atoms with Crippen molar-refractivity contribution >= 4 is 28.8 Å². The third kappa shape index (κ3) is 5.50. The smallest absolute Gasteiger partial charge is 0.243 e. The van der Waals surface area contributed by atoms with Gasteiger partial charge in [-0.2, -0.15) is 5.26 Å². The van der Waals surface area contributed by atoms with Crippen molar-refractivity contribution in [2.75, 3.05) is 26.2 Å². The number of ketones is 1. The molecule has 1 fully saturated rings. The summed E-state index contributed by atoms with van der Waals surface area (Å²) in [5.74, 6) is -0.0838. The van der Waals surface area contributed by atoms with Crippen LogP contribution < -0.4 is 5.32 Å². The molecule has 0 spiro atoms. The molecule has 35 heavy (non-hydrogen) atoms. The van der Waals surface area contributed by atoms with Gasteiger partial charge in [0.2, 0.25) is 5.91 Å². The molecule has 1 aromatic carbocycles. The SMILES string of the molecule is CCCNC(=O)C=Cc1cnc2c(C(=O)CN3CCCCC3)c(C)n(-c3ccc(C#N)cc3)c2c1. The predicted octanol–water partition coefficient (Wildman–Crippen LogP) is 4.41. The van der Waals surface area contributed by atoms with Crippen molar-refractivity contribution in [3.8, 4) is 11.8 Å². The highest BCUT2D eigenvalue weighted by atomic mass is 16.1. The van der Waals surface area contributed by atoms with Gasteiger partial charge in [-0.15, -0.1) is 0 Å². The van der Waals surface area contributed by atoms with E-state index >= 15 is 0 Å². The van der Waals surface area contributed by atoms with Gasteiger partial charge in [-0.3, -0.25) is 19.5 Å². The minimum atomic E-state index is -0.150. The first-order valence-electron chi connectivity index (χ1n) is 12.2. The summed E-state index contributed by atoms with van der Waals surface area (Å²) in [6.07, 6.45) is 9.28. The zero-order chi connectivity index (χ0) is 24.8. The lowest BCUT2D eigenvalue weighted by atomic mass is 10.1. The van der Waals surface area contributed by atoms with Gasteiger partial charge < -0.3 is 9.88 Å². The van der Waals surface area contributed by atoms with E-state index in [0.29, 0.717) is 29.7 Å². The van der Waals surface area contributed by atoms with E-state index in [4.69, 9.17) is 0 Å². The molecule has 3 heterocycles. The standard InChI is InChI=1S/C28H31N5O2/c1-3-13-30-26(35)12-9-22-16-24-28(31-18-22)27(25(34)19-32-14-5-4-6-15-32)20(2)33(24)23-10-7-21(17-29)8-11-23/h7-12,16,18H,3-6,13-15,19H2,1-2H3,(H,30,35). The van der Waals surface area contributed by atoms with Crippen molar-refractivity contribution in [1.29, 1.82) is 5.26 Å². The van der Waals surface area contributed by atoms with Crippen molar-refractivity contribution in [1.82, 2.24) is 19.8 Å². The molecule has 4 rings (SSSR count). The number of piperidine rings is 1. The molecule has 1 amide bonds. The van der Waals surface area contributed by atoms with Gasteiger partial charge in [-0.25, -0.2) is 0 Å². The quantitative estimate of drug-likeness (QED) is 0.390. The number of nitrogens with one attached hydrogen (secondary N) is 1. The van der Waals surface area contributed by atoms with Crippen LogP contribution in [0.15, 0.2) is 42.6 Å². The zero-order valence-electron chi connectivity index (χ0n) is 20.4. The van der Waals surface area contributed by atoms with Crippen LogP contribution in [0.1, 0.15) is 59.8 Å². The van der Waals surface area contributed by atoms with Gasteiger partial charge in [-0.05, 0) is 81.2 Å². The molecule has 7 heteroatoms. The number of likely N-dealkylation sites (tertiary alicyclic amines) is 1. The zero-order valence-corrected chi connectivity index (χ0v) is 20.4. The van der Waals surface area contributed by atoms with Crippen molar-refractivity contribution in [3.05, 3.63) is 65.0 Å². The number of aromatic nitrogens is 2. The predicted molar refractivity (Wildman–Crippen MR) is 137 cm³/mol. The van der Waals surface area contributed by atoms with E-state index in [1.807, 2.05) is 36.6 Å². The lowest BCUT2D eigenvalue weighted by Crippen LogP contribution is -2.34. The molecule has 0 saturated carbocycles. The number of hydrogen-bond donors (Lipinski definition) is 1. The maximum absolute atomic E-state index is 13.5. The number of pyridine rings is 1. The molecule has 1 N–H and O–H groups in total. The molecule has 0 radical (unpaired) electrons. The number of nitriles is 1. The van der Waals surface area contributed by atoms with Crippen molar-refractivity contribution in [2.45, 2.75) is 39.5 Å². The van der Waals surface area contributed by atoms with Crippen LogP contribution >= 0.6 is 0 Å². The Labute approximate surface area is 206 Å². The summed E-state index contributed by atoms with van der Waals surface area (Å²) in [5.41, 5.74) is 5.10. The first-order valence-corrected chi connectivity index (χ1v) is 12.2. The highest BCUT2D eigenvalue weighted by molar-refractivity contribution is 6.09. The molecule has 1 saturated heterocycles. The Hall–Kier alpha value is -3.76. The number of hydrogen-bond acceptors (Lipinski definition) is 5. The van der Waals surface area contributed by atoms with E-state index in [9.17, 15) is 14.9 Å². The lowest BCUT2D eigenvalue weighted by Gasteiger charge is -2.25. The van der Waals surface area contributed by atoms with Crippen LogP contribution in [0.5, 0.6) is 0 Å². The molecular weight excluding hydrogens is 438 g/mol. The van der Waals surface area contributed by atoms with E-state index in [1.165, 1.54) is 12.5 Å². The van der Waals surface area contributed by atoms with Crippen LogP contribution in [-0.4, -0.2) is 52.3 Å². The second kappa shape index (κ2) is 11.1. The molecule has 1 aliphatic heterocycles. The van der Waals surface area contributed by atoms with Gasteiger partial charge >= 0.3 is 0 Å². The fourth-order valence-corrected chi connectivity index (χ4v) is 4.62. The van der Waals surface area contributed by atoms with Crippen LogP contribution in [-0.2, 0) is 4.79 Å². The molecule has 1 aliphatic rings. The first-order chi connectivity index (χ1) is 17.0. The Balaban J connectivity index is 1.76. The van der Waals surface area contributed by atoms with E-state index in [2.05, 4.69) is 21.3 Å². The summed E-state index contributed by atoms with van der Waals surface area (Å²) < 4.78 is 2.02. The van der Waals surface area contributed by atoms with Crippen molar-refractivity contribution in [3.63, 3.8) is 0 Å². The number of nitrogens with zero attached hydrogens (tertiary/aromatic N) is 4. The van der Waals surface area contributed by atoms with Crippen LogP contribution in [0.3, 0.4) is 0 Å². The molecule has 7 nitrogen and oxygen atoms in total. The van der Waals surface area contributed by atoms with Crippen LogP contribution in [0.4, 0.5) is 0 Å². The van der Waals surface area contributed by atoms with Crippen LogP contribution in [0.25, 0.3) is 22.8 Å². The van der Waals surface area contributed by atoms with E-state index in [0.717, 1.165) is 54.8 Å². The van der Waals surface area contributed by atoms with E-state index < -0.39 is 0 Å². The number of benzene rings is 1. The number of fused-ring (bicyclic) bond motifs is 1. The summed E-state index contributed by atoms with van der Waals surface area (Å²) in [6.45, 7) is 6.85. The molecule has 0 aliphatic carbocycles. The average Bonchev–Trinajstić information content (AvgIpc) is 3.17. The Morgan fingerprint density at radius 3 is 2.60 bits per heavy atom. The Bertz CT molecular complexity index is 1290. The number of carbonyl (C=O) groups is 2. The van der Waals surface area contributed by atoms with Gasteiger partial charge in [0, 0.05) is 30.2 Å². The fourth-order valence-electron chi connectivity index (χ4n) is 4.62. The van der Waals surface area contributed by atoms with Gasteiger partial charge in [-0.1, -0.05) is 13.3 Å². The van der Waals surface area contributed by atoms with Gasteiger partial charge in [0.25, 0.3) is 0 Å². The van der Waals surface area contributed by atoms with Gasteiger partial charge in [0.1, 0.15) is 0 Å². The van der Waals surface area contributed by atoms with Crippen LogP contribution in [0, 0.1) is 18.3 Å². The molecule has 0 unspecified atom stereocenters. The highest BCUT2D eigenvalue weighted by Gasteiger charge is 2.24. The second-order valence-corrected chi connectivity index (χ2v) is 8.98. The Kier molecular flexibility index (Phi) is 7.74. The summed E-state index contributed by atoms with van der Waals surface area (Å²) >= 11 is 0. The Morgan fingerprint density at radius 1 is 1.17 bits per heavy atom. The summed E-state index contributed by atoms with van der Waals surface area (Å²) in [5, 5.41) is 12.0. The first kappa shape index (κ1) is 24.4. The monoisotopic (exact) mass is 469 g/mol. The fraction of sp³-hybridized carbons (Fsp3) is 0.357. The molecule has 3 aromatic rings. The second-order valence-electron chi connectivity index (χ2n) is 8.98. The maximum Gasteiger partial charge on any atom is 0.243 e. The van der Waals surface area contributed by atoms with Crippen molar-refractivity contribution in [2.24, 2.45) is 0 Å². The number of amides is 1. The normalized spacial score (nSPS) is 14.3. The number of carbonyl (C=O) groups excluding carboxylic acids is 2. The molecule has 2 aromatic heterocycles. The highest BCUT2D eigenvalue weighted by Crippen LogP contribution is 2.30. The van der Waals surface area contributed by atoms with Gasteiger partial charge in [0.05, 0.1) is 34.8 Å². The summed E-state index contributed by atoms with van der Waals surface area (Å²) in [4.78, 5) is 32.4. The average molecular weight is 470 g/mol. The summed E-state index contributed by atoms with van der Waals surface area (Å²) in [7, 11) is 0. The van der Waals surface area contributed by atoms with E-state index in [-0.39, 0.29) is 11.7 Å².